The molecule has 0 unspecified atom stereocenters. The van der Waals surface area contributed by atoms with Crippen LogP contribution in [-0.2, 0) is 5.41 Å². The summed E-state index contributed by atoms with van der Waals surface area (Å²) in [6.45, 7) is 0. The van der Waals surface area contributed by atoms with E-state index in [0.29, 0.717) is 0 Å². The molecule has 0 saturated carbocycles. The lowest BCUT2D eigenvalue weighted by Crippen LogP contribution is -2.25. The Bertz CT molecular complexity index is 2690. The highest BCUT2D eigenvalue weighted by atomic mass is 15.1. The Hall–Kier alpha value is -6.12. The van der Waals surface area contributed by atoms with Crippen LogP contribution in [0.3, 0.4) is 0 Å². The molecule has 218 valence electrons. The van der Waals surface area contributed by atoms with E-state index in [4.69, 9.17) is 0 Å². The highest BCUT2D eigenvalue weighted by Gasteiger charge is 2.52. The smallest absolute Gasteiger partial charge is 0.131 e. The number of hydrogen-bond donors (Lipinski definition) is 0. The standard InChI is InChI=1S/C45H28N2/c1-2-15-29(16-3-1)46-40-27-12-13-28-41(40)47-39-26-11-7-20-33(39)43(44(46)47)34-21-14-25-38-42(34)32-19-6-10-24-37(32)45(38)35-22-8-4-17-30(35)31-18-5-9-23-36(31)45/h1-28H. The Kier molecular flexibility index (Phi) is 4.80. The molecule has 2 aliphatic rings. The van der Waals surface area contributed by atoms with Crippen molar-refractivity contribution in [1.82, 2.24) is 8.97 Å². The molecule has 2 heteroatoms. The van der Waals surface area contributed by atoms with Crippen molar-refractivity contribution in [1.29, 1.82) is 0 Å². The molecule has 0 fully saturated rings. The van der Waals surface area contributed by atoms with Crippen LogP contribution in [0.2, 0.25) is 0 Å². The molecule has 0 atom stereocenters. The van der Waals surface area contributed by atoms with Gasteiger partial charge >= 0.3 is 0 Å². The fourth-order valence-corrected chi connectivity index (χ4v) is 9.09. The van der Waals surface area contributed by atoms with Gasteiger partial charge in [0.1, 0.15) is 5.65 Å². The fraction of sp³-hybridized carbons (Fsp3) is 0.0222. The zero-order chi connectivity index (χ0) is 30.7. The maximum atomic E-state index is 2.48. The molecule has 1 spiro atoms. The van der Waals surface area contributed by atoms with Crippen molar-refractivity contribution in [2.75, 3.05) is 0 Å². The third-order valence-corrected chi connectivity index (χ3v) is 10.7. The van der Waals surface area contributed by atoms with E-state index in [-0.39, 0.29) is 5.41 Å². The van der Waals surface area contributed by atoms with Gasteiger partial charge in [-0.3, -0.25) is 8.97 Å². The minimum absolute atomic E-state index is 0.379. The van der Waals surface area contributed by atoms with Crippen molar-refractivity contribution in [2.45, 2.75) is 5.41 Å². The summed E-state index contributed by atoms with van der Waals surface area (Å²) in [7, 11) is 0. The molecular formula is C45H28N2. The lowest BCUT2D eigenvalue weighted by Gasteiger charge is -2.30. The zero-order valence-corrected chi connectivity index (χ0v) is 25.6. The van der Waals surface area contributed by atoms with Crippen LogP contribution in [0, 0.1) is 0 Å². The molecule has 47 heavy (non-hydrogen) atoms. The van der Waals surface area contributed by atoms with E-state index in [0.717, 1.165) is 5.69 Å². The second kappa shape index (κ2) is 8.99. The average Bonchev–Trinajstić information content (AvgIpc) is 3.84. The second-order valence-corrected chi connectivity index (χ2v) is 12.8. The predicted molar refractivity (Wildman–Crippen MR) is 193 cm³/mol. The second-order valence-electron chi connectivity index (χ2n) is 12.8. The van der Waals surface area contributed by atoms with Crippen LogP contribution < -0.4 is 0 Å². The van der Waals surface area contributed by atoms with Crippen LogP contribution >= 0.6 is 0 Å². The first-order valence-corrected chi connectivity index (χ1v) is 16.4. The minimum Gasteiger partial charge on any atom is -0.293 e. The maximum Gasteiger partial charge on any atom is 0.131 e. The molecule has 0 N–H and O–H groups in total. The Balaban J connectivity index is 1.34. The summed E-state index contributed by atoms with van der Waals surface area (Å²) in [5, 5.41) is 1.26. The van der Waals surface area contributed by atoms with Crippen molar-refractivity contribution in [3.05, 3.63) is 192 Å². The van der Waals surface area contributed by atoms with E-state index >= 15 is 0 Å². The van der Waals surface area contributed by atoms with E-state index < -0.39 is 0 Å². The van der Waals surface area contributed by atoms with Gasteiger partial charge in [0.05, 0.1) is 22.0 Å². The number of nitrogens with zero attached hydrogens (tertiary/aromatic N) is 2. The van der Waals surface area contributed by atoms with Gasteiger partial charge in [0, 0.05) is 16.6 Å². The average molecular weight is 597 g/mol. The van der Waals surface area contributed by atoms with Gasteiger partial charge in [-0.1, -0.05) is 140 Å². The van der Waals surface area contributed by atoms with Gasteiger partial charge in [-0.05, 0) is 80.4 Å². The molecule has 0 saturated heterocycles. The number of aromatic nitrogens is 2. The number of fused-ring (bicyclic) bond motifs is 15. The Morgan fingerprint density at radius 1 is 0.340 bits per heavy atom. The molecule has 9 aromatic rings. The molecule has 0 amide bonds. The first kappa shape index (κ1) is 25.1. The van der Waals surface area contributed by atoms with Crippen LogP contribution in [0.15, 0.2) is 170 Å². The first-order valence-electron chi connectivity index (χ1n) is 16.4. The summed E-state index contributed by atoms with van der Waals surface area (Å²) in [5.74, 6) is 0. The molecule has 2 heterocycles. The summed E-state index contributed by atoms with van der Waals surface area (Å²) in [4.78, 5) is 0. The van der Waals surface area contributed by atoms with E-state index in [2.05, 4.69) is 179 Å². The normalized spacial score (nSPS) is 13.7. The Labute approximate surface area is 272 Å². The highest BCUT2D eigenvalue weighted by Crippen LogP contribution is 2.64. The molecule has 2 aliphatic carbocycles. The molecule has 0 aliphatic heterocycles. The number of imidazole rings is 1. The third kappa shape index (κ3) is 2.97. The van der Waals surface area contributed by atoms with Crippen molar-refractivity contribution >= 4 is 27.6 Å². The van der Waals surface area contributed by atoms with Gasteiger partial charge in [0.25, 0.3) is 0 Å². The van der Waals surface area contributed by atoms with Gasteiger partial charge < -0.3 is 0 Å². The number of para-hydroxylation sites is 4. The van der Waals surface area contributed by atoms with Crippen molar-refractivity contribution in [3.8, 4) is 39.1 Å². The first-order chi connectivity index (χ1) is 23.4. The van der Waals surface area contributed by atoms with Gasteiger partial charge in [0.2, 0.25) is 0 Å². The quantitative estimate of drug-likeness (QED) is 0.188. The van der Waals surface area contributed by atoms with Crippen LogP contribution in [0.25, 0.3) is 66.7 Å². The van der Waals surface area contributed by atoms with Crippen LogP contribution in [0.1, 0.15) is 22.3 Å². The molecule has 2 aromatic heterocycles. The molecule has 0 radical (unpaired) electrons. The van der Waals surface area contributed by atoms with Gasteiger partial charge in [-0.2, -0.15) is 0 Å². The lowest BCUT2D eigenvalue weighted by molar-refractivity contribution is 0.794. The van der Waals surface area contributed by atoms with Crippen molar-refractivity contribution < 1.29 is 0 Å². The molecular weight excluding hydrogens is 569 g/mol. The topological polar surface area (TPSA) is 9.34 Å². The minimum atomic E-state index is -0.379. The molecule has 0 bridgehead atoms. The summed E-state index contributed by atoms with van der Waals surface area (Å²) in [6.07, 6.45) is 0. The van der Waals surface area contributed by atoms with Crippen LogP contribution in [0.4, 0.5) is 0 Å². The van der Waals surface area contributed by atoms with Crippen LogP contribution in [0.5, 0.6) is 0 Å². The van der Waals surface area contributed by atoms with Gasteiger partial charge in [0.15, 0.2) is 0 Å². The maximum absolute atomic E-state index is 2.48. The van der Waals surface area contributed by atoms with Crippen molar-refractivity contribution in [2.24, 2.45) is 0 Å². The highest BCUT2D eigenvalue weighted by molar-refractivity contribution is 6.13. The summed E-state index contributed by atoms with van der Waals surface area (Å²) in [5.41, 5.74) is 18.9. The van der Waals surface area contributed by atoms with Crippen molar-refractivity contribution in [3.63, 3.8) is 0 Å². The van der Waals surface area contributed by atoms with E-state index in [1.165, 1.54) is 83.2 Å². The summed E-state index contributed by atoms with van der Waals surface area (Å²) < 4.78 is 4.93. The SMILES string of the molecule is c1ccc(-n2c3ccccc3n3c4ccccc4c(-c4cccc5c4-c4ccccc4C54c5ccccc5-c5ccccc54)c23)cc1. The Morgan fingerprint density at radius 3 is 1.57 bits per heavy atom. The zero-order valence-electron chi connectivity index (χ0n) is 25.6. The molecule has 2 nitrogen and oxygen atoms in total. The predicted octanol–water partition coefficient (Wildman–Crippen LogP) is 11.0. The van der Waals surface area contributed by atoms with E-state index in [1.54, 1.807) is 0 Å². The molecule has 7 aromatic carbocycles. The monoisotopic (exact) mass is 596 g/mol. The lowest BCUT2D eigenvalue weighted by atomic mass is 9.70. The third-order valence-electron chi connectivity index (χ3n) is 10.7. The largest absolute Gasteiger partial charge is 0.293 e. The molecule has 11 rings (SSSR count). The van der Waals surface area contributed by atoms with E-state index in [1.807, 2.05) is 0 Å². The van der Waals surface area contributed by atoms with Crippen LogP contribution in [-0.4, -0.2) is 8.97 Å². The number of hydrogen-bond acceptors (Lipinski definition) is 0. The van der Waals surface area contributed by atoms with Gasteiger partial charge in [-0.15, -0.1) is 0 Å². The summed E-state index contributed by atoms with van der Waals surface area (Å²) >= 11 is 0. The summed E-state index contributed by atoms with van der Waals surface area (Å²) in [6, 6.07) is 62.8. The van der Waals surface area contributed by atoms with Gasteiger partial charge in [-0.25, -0.2) is 0 Å². The fourth-order valence-electron chi connectivity index (χ4n) is 9.09. The number of benzene rings is 7. The number of rotatable bonds is 2. The Morgan fingerprint density at radius 2 is 0.851 bits per heavy atom. The van der Waals surface area contributed by atoms with E-state index in [9.17, 15) is 0 Å².